The second-order valence-electron chi connectivity index (χ2n) is 7.84. The highest BCUT2D eigenvalue weighted by Gasteiger charge is 2.42. The highest BCUT2D eigenvalue weighted by atomic mass is 35.5. The molecule has 0 unspecified atom stereocenters. The van der Waals surface area contributed by atoms with Crippen LogP contribution in [0.15, 0.2) is 53.5 Å². The van der Waals surface area contributed by atoms with Crippen LogP contribution in [0.5, 0.6) is 0 Å². The molecule has 2 aromatic rings. The Labute approximate surface area is 182 Å². The third-order valence-electron chi connectivity index (χ3n) is 5.72. The van der Waals surface area contributed by atoms with Crippen LogP contribution in [0, 0.1) is 0 Å². The molecule has 4 rings (SSSR count). The number of rotatable bonds is 5. The molecule has 30 heavy (non-hydrogen) atoms. The first-order chi connectivity index (χ1) is 14.4. The van der Waals surface area contributed by atoms with Gasteiger partial charge in [-0.2, -0.15) is 0 Å². The molecule has 1 aliphatic heterocycles. The van der Waals surface area contributed by atoms with Crippen LogP contribution < -0.4 is 21.1 Å². The summed E-state index contributed by atoms with van der Waals surface area (Å²) in [6.07, 6.45) is 2.90. The van der Waals surface area contributed by atoms with Gasteiger partial charge in [-0.25, -0.2) is 18.1 Å². The first kappa shape index (κ1) is 21.1. The summed E-state index contributed by atoms with van der Waals surface area (Å²) in [5.74, 6) is 0.482. The van der Waals surface area contributed by atoms with E-state index in [1.165, 1.54) is 0 Å². The van der Waals surface area contributed by atoms with Crippen LogP contribution in [-0.2, 0) is 16.6 Å². The molecule has 0 bridgehead atoms. The lowest BCUT2D eigenvalue weighted by atomic mass is 9.77. The Balaban J connectivity index is 1.55. The molecular formula is C21H26ClN5O2S. The van der Waals surface area contributed by atoms with Crippen molar-refractivity contribution in [3.8, 4) is 0 Å². The standard InChI is InChI=1S/C21H26ClN5O2S/c22-16-5-3-4-15(12-16)13-24-20-21(26-19-7-2-1-6-18(19)25-20)10-8-17(9-11-21)27-30(28,29)14-23/h1-7,12,17,26-27H,8-11,13-14,23H2,(H,24,25). The lowest BCUT2D eigenvalue weighted by Crippen LogP contribution is -2.57. The minimum atomic E-state index is -3.42. The van der Waals surface area contributed by atoms with Gasteiger partial charge in [-0.1, -0.05) is 35.9 Å². The number of anilines is 1. The molecule has 160 valence electrons. The Morgan fingerprint density at radius 2 is 1.93 bits per heavy atom. The fourth-order valence-corrected chi connectivity index (χ4v) is 5.21. The molecule has 0 amide bonds. The van der Waals surface area contributed by atoms with Crippen molar-refractivity contribution in [3.63, 3.8) is 0 Å². The van der Waals surface area contributed by atoms with Crippen molar-refractivity contribution >= 4 is 38.8 Å². The van der Waals surface area contributed by atoms with Crippen molar-refractivity contribution in [1.29, 1.82) is 0 Å². The van der Waals surface area contributed by atoms with Gasteiger partial charge in [-0.3, -0.25) is 0 Å². The highest BCUT2D eigenvalue weighted by Crippen LogP contribution is 2.40. The average molecular weight is 448 g/mol. The van der Waals surface area contributed by atoms with Crippen molar-refractivity contribution in [2.24, 2.45) is 10.7 Å². The van der Waals surface area contributed by atoms with Crippen molar-refractivity contribution in [2.45, 2.75) is 43.8 Å². The van der Waals surface area contributed by atoms with Crippen LogP contribution >= 0.6 is 11.6 Å². The zero-order valence-electron chi connectivity index (χ0n) is 16.6. The molecule has 0 radical (unpaired) electrons. The number of hydrogen-bond acceptors (Lipinski definition) is 6. The van der Waals surface area contributed by atoms with E-state index >= 15 is 0 Å². The van der Waals surface area contributed by atoms with E-state index in [-0.39, 0.29) is 11.6 Å². The minimum Gasteiger partial charge on any atom is -0.371 e. The molecule has 9 heteroatoms. The van der Waals surface area contributed by atoms with Crippen molar-refractivity contribution in [3.05, 3.63) is 59.1 Å². The summed E-state index contributed by atoms with van der Waals surface area (Å²) >= 11 is 6.12. The number of nitrogens with two attached hydrogens (primary N) is 1. The monoisotopic (exact) mass is 447 g/mol. The smallest absolute Gasteiger partial charge is 0.224 e. The lowest BCUT2D eigenvalue weighted by molar-refractivity contribution is 0.342. The molecule has 1 saturated carbocycles. The molecule has 1 fully saturated rings. The van der Waals surface area contributed by atoms with Crippen molar-refractivity contribution < 1.29 is 8.42 Å². The summed E-state index contributed by atoms with van der Waals surface area (Å²) in [6.45, 7) is 0.605. The van der Waals surface area contributed by atoms with E-state index < -0.39 is 15.9 Å². The molecule has 0 saturated heterocycles. The summed E-state index contributed by atoms with van der Waals surface area (Å²) in [4.78, 5) is 4.93. The highest BCUT2D eigenvalue weighted by molar-refractivity contribution is 7.89. The number of hydrogen-bond donors (Lipinski definition) is 4. The number of aliphatic imine (C=N–C) groups is 1. The summed E-state index contributed by atoms with van der Waals surface area (Å²) in [5.41, 5.74) is 7.93. The topological polar surface area (TPSA) is 109 Å². The van der Waals surface area contributed by atoms with Crippen LogP contribution in [0.4, 0.5) is 11.4 Å². The number of nitrogens with zero attached hydrogens (tertiary/aromatic N) is 1. The molecule has 1 aliphatic carbocycles. The normalized spacial score (nSPS) is 23.4. The van der Waals surface area contributed by atoms with Crippen molar-refractivity contribution in [2.75, 3.05) is 11.2 Å². The van der Waals surface area contributed by atoms with E-state index in [1.54, 1.807) is 0 Å². The largest absolute Gasteiger partial charge is 0.371 e. The number of para-hydroxylation sites is 2. The van der Waals surface area contributed by atoms with Crippen LogP contribution in [-0.4, -0.2) is 31.7 Å². The number of fused-ring (bicyclic) bond motifs is 1. The predicted molar refractivity (Wildman–Crippen MR) is 122 cm³/mol. The van der Waals surface area contributed by atoms with Crippen molar-refractivity contribution in [1.82, 2.24) is 10.0 Å². The van der Waals surface area contributed by atoms with Gasteiger partial charge < -0.3 is 16.4 Å². The Morgan fingerprint density at radius 1 is 1.17 bits per heavy atom. The first-order valence-corrected chi connectivity index (χ1v) is 12.1. The molecule has 1 spiro atoms. The molecule has 2 aliphatic rings. The fourth-order valence-electron chi connectivity index (χ4n) is 4.16. The summed E-state index contributed by atoms with van der Waals surface area (Å²) in [6, 6.07) is 15.6. The second kappa shape index (κ2) is 8.55. The number of halogens is 1. The summed E-state index contributed by atoms with van der Waals surface area (Å²) in [5, 5.41) is 7.90. The second-order valence-corrected chi connectivity index (χ2v) is 10.1. The van der Waals surface area contributed by atoms with Gasteiger partial charge in [0.15, 0.2) is 0 Å². The van der Waals surface area contributed by atoms with Gasteiger partial charge in [0.25, 0.3) is 0 Å². The number of benzene rings is 2. The Kier molecular flexibility index (Phi) is 6.02. The molecule has 5 N–H and O–H groups in total. The Morgan fingerprint density at radius 3 is 2.67 bits per heavy atom. The maximum Gasteiger partial charge on any atom is 0.224 e. The van der Waals surface area contributed by atoms with Crippen LogP contribution in [0.25, 0.3) is 0 Å². The zero-order valence-corrected chi connectivity index (χ0v) is 18.1. The zero-order chi connectivity index (χ0) is 21.2. The quantitative estimate of drug-likeness (QED) is 0.563. The Hall–Kier alpha value is -2.13. The number of amidine groups is 1. The van der Waals surface area contributed by atoms with E-state index in [2.05, 4.69) is 15.4 Å². The summed E-state index contributed by atoms with van der Waals surface area (Å²) < 4.78 is 26.4. The molecule has 0 aromatic heterocycles. The third-order valence-corrected chi connectivity index (χ3v) is 7.08. The molecule has 2 aromatic carbocycles. The van der Waals surface area contributed by atoms with E-state index in [1.807, 2.05) is 48.5 Å². The summed E-state index contributed by atoms with van der Waals surface area (Å²) in [7, 11) is -3.42. The van der Waals surface area contributed by atoms with Gasteiger partial charge in [0.2, 0.25) is 10.0 Å². The SMILES string of the molecule is NCS(=O)(=O)NC1CCC2(CC1)Nc1ccccc1N=C2NCc1cccc(Cl)c1. The van der Waals surface area contributed by atoms with E-state index in [0.29, 0.717) is 24.4 Å². The van der Waals surface area contributed by atoms with Gasteiger partial charge in [0, 0.05) is 17.6 Å². The predicted octanol–water partition coefficient (Wildman–Crippen LogP) is 3.10. The van der Waals surface area contributed by atoms with Gasteiger partial charge in [-0.15, -0.1) is 0 Å². The molecule has 7 nitrogen and oxygen atoms in total. The van der Waals surface area contributed by atoms with Crippen LogP contribution in [0.2, 0.25) is 5.02 Å². The Bertz CT molecular complexity index is 1050. The number of sulfonamides is 1. The van der Waals surface area contributed by atoms with Crippen LogP contribution in [0.1, 0.15) is 31.2 Å². The van der Waals surface area contributed by atoms with E-state index in [9.17, 15) is 8.42 Å². The van der Waals surface area contributed by atoms with Gasteiger partial charge in [-0.05, 0) is 55.5 Å². The fraction of sp³-hybridized carbons (Fsp3) is 0.381. The first-order valence-electron chi connectivity index (χ1n) is 10.0. The lowest BCUT2D eigenvalue weighted by Gasteiger charge is -2.44. The maximum absolute atomic E-state index is 11.9. The van der Waals surface area contributed by atoms with E-state index in [0.717, 1.165) is 35.6 Å². The molecule has 1 heterocycles. The maximum atomic E-state index is 11.9. The average Bonchev–Trinajstić information content (AvgIpc) is 2.74. The number of nitrogens with one attached hydrogen (secondary N) is 3. The third kappa shape index (κ3) is 4.62. The van der Waals surface area contributed by atoms with Gasteiger partial charge >= 0.3 is 0 Å². The van der Waals surface area contributed by atoms with Gasteiger partial charge in [0.05, 0.1) is 16.9 Å². The van der Waals surface area contributed by atoms with Crippen LogP contribution in [0.3, 0.4) is 0 Å². The molecular weight excluding hydrogens is 422 g/mol. The van der Waals surface area contributed by atoms with Gasteiger partial charge in [0.1, 0.15) is 11.7 Å². The molecule has 0 atom stereocenters. The minimum absolute atomic E-state index is 0.114. The van der Waals surface area contributed by atoms with E-state index in [4.69, 9.17) is 22.3 Å².